The van der Waals surface area contributed by atoms with Crippen molar-refractivity contribution < 1.29 is 4.79 Å². The van der Waals surface area contributed by atoms with Gasteiger partial charge in [0.2, 0.25) is 0 Å². The Kier molecular flexibility index (Phi) is 4.19. The van der Waals surface area contributed by atoms with Gasteiger partial charge in [-0.05, 0) is 42.4 Å². The topological polar surface area (TPSA) is 20.3 Å². The van der Waals surface area contributed by atoms with Gasteiger partial charge < -0.3 is 4.90 Å². The zero-order chi connectivity index (χ0) is 14.0. The van der Waals surface area contributed by atoms with Crippen LogP contribution in [0.25, 0.3) is 0 Å². The van der Waals surface area contributed by atoms with Gasteiger partial charge in [0.05, 0.1) is 5.02 Å². The Balaban J connectivity index is 2.06. The molecule has 2 nitrogen and oxygen atoms in total. The molecule has 0 unspecified atom stereocenters. The average molecular weight is 280 g/mol. The maximum atomic E-state index is 10.8. The van der Waals surface area contributed by atoms with E-state index in [4.69, 9.17) is 11.6 Å². The highest BCUT2D eigenvalue weighted by atomic mass is 35.5. The minimum atomic E-state index is 0.394. The molecular weight excluding hydrogens is 258 g/mol. The molecular formula is C16H22ClNO. The van der Waals surface area contributed by atoms with Crippen molar-refractivity contribution in [2.24, 2.45) is 11.3 Å². The highest BCUT2D eigenvalue weighted by molar-refractivity contribution is 6.33. The zero-order valence-electron chi connectivity index (χ0n) is 11.9. The molecule has 0 radical (unpaired) electrons. The van der Waals surface area contributed by atoms with Crippen molar-refractivity contribution in [3.05, 3.63) is 28.8 Å². The first-order valence-electron chi connectivity index (χ1n) is 6.91. The Bertz CT molecular complexity index is 456. The molecule has 0 aromatic heterocycles. The van der Waals surface area contributed by atoms with Crippen molar-refractivity contribution >= 4 is 23.6 Å². The molecule has 1 saturated heterocycles. The molecule has 1 aromatic rings. The number of carbonyl (C=O) groups is 1. The van der Waals surface area contributed by atoms with Gasteiger partial charge in [-0.25, -0.2) is 0 Å². The highest BCUT2D eigenvalue weighted by Crippen LogP contribution is 2.36. The van der Waals surface area contributed by atoms with Gasteiger partial charge in [-0.3, -0.25) is 4.79 Å². The van der Waals surface area contributed by atoms with Gasteiger partial charge in [-0.2, -0.15) is 0 Å². The lowest BCUT2D eigenvalue weighted by Gasteiger charge is -2.39. The Morgan fingerprint density at radius 2 is 1.89 bits per heavy atom. The standard InChI is InChI=1S/C16H22ClNO/c1-16(2,3)13-6-8-18(9-7-13)14-5-4-12(11-19)15(17)10-14/h4-5,10-11,13H,6-9H2,1-3H3. The van der Waals surface area contributed by atoms with Gasteiger partial charge in [0.1, 0.15) is 0 Å². The van der Waals surface area contributed by atoms with Crippen molar-refractivity contribution in [2.75, 3.05) is 18.0 Å². The van der Waals surface area contributed by atoms with Crippen LogP contribution >= 0.6 is 11.6 Å². The van der Waals surface area contributed by atoms with Gasteiger partial charge in [0, 0.05) is 24.3 Å². The molecule has 0 bridgehead atoms. The summed E-state index contributed by atoms with van der Waals surface area (Å²) in [6, 6.07) is 5.70. The second-order valence-corrected chi connectivity index (χ2v) is 6.86. The zero-order valence-corrected chi connectivity index (χ0v) is 12.7. The smallest absolute Gasteiger partial charge is 0.151 e. The van der Waals surface area contributed by atoms with E-state index in [0.717, 1.165) is 31.0 Å². The first kappa shape index (κ1) is 14.4. The van der Waals surface area contributed by atoms with E-state index in [0.29, 0.717) is 16.0 Å². The van der Waals surface area contributed by atoms with Crippen molar-refractivity contribution in [3.63, 3.8) is 0 Å². The van der Waals surface area contributed by atoms with Crippen molar-refractivity contribution in [1.29, 1.82) is 0 Å². The predicted molar refractivity (Wildman–Crippen MR) is 81.2 cm³/mol. The first-order chi connectivity index (χ1) is 8.91. The summed E-state index contributed by atoms with van der Waals surface area (Å²) in [5.41, 5.74) is 2.09. The molecule has 0 amide bonds. The highest BCUT2D eigenvalue weighted by Gasteiger charge is 2.28. The number of aldehydes is 1. The molecule has 2 rings (SSSR count). The average Bonchev–Trinajstić information content (AvgIpc) is 2.38. The van der Waals surface area contributed by atoms with E-state index in [1.54, 1.807) is 6.07 Å². The SMILES string of the molecule is CC(C)(C)C1CCN(c2ccc(C=O)c(Cl)c2)CC1. The maximum Gasteiger partial charge on any atom is 0.151 e. The lowest BCUT2D eigenvalue weighted by Crippen LogP contribution is -2.38. The van der Waals surface area contributed by atoms with E-state index in [9.17, 15) is 4.79 Å². The Morgan fingerprint density at radius 3 is 2.37 bits per heavy atom. The number of anilines is 1. The van der Waals surface area contributed by atoms with Crippen molar-refractivity contribution in [3.8, 4) is 0 Å². The van der Waals surface area contributed by atoms with Crippen LogP contribution < -0.4 is 4.90 Å². The summed E-state index contributed by atoms with van der Waals surface area (Å²) in [4.78, 5) is 13.1. The Morgan fingerprint density at radius 1 is 1.26 bits per heavy atom. The van der Waals surface area contributed by atoms with Crippen LogP contribution in [0.1, 0.15) is 44.0 Å². The van der Waals surface area contributed by atoms with Crippen LogP contribution in [-0.4, -0.2) is 19.4 Å². The third-order valence-electron chi connectivity index (χ3n) is 4.20. The molecule has 1 heterocycles. The number of hydrogen-bond acceptors (Lipinski definition) is 2. The van der Waals surface area contributed by atoms with Gasteiger partial charge in [0.25, 0.3) is 0 Å². The van der Waals surface area contributed by atoms with Crippen LogP contribution in [-0.2, 0) is 0 Å². The van der Waals surface area contributed by atoms with E-state index in [1.165, 1.54) is 12.8 Å². The first-order valence-corrected chi connectivity index (χ1v) is 7.29. The molecule has 1 aromatic carbocycles. The van der Waals surface area contributed by atoms with Crippen LogP contribution in [0, 0.1) is 11.3 Å². The van der Waals surface area contributed by atoms with Gasteiger partial charge in [-0.1, -0.05) is 32.4 Å². The third-order valence-corrected chi connectivity index (χ3v) is 4.52. The summed E-state index contributed by atoms with van der Waals surface area (Å²) in [5, 5.41) is 0.547. The summed E-state index contributed by atoms with van der Waals surface area (Å²) in [6.45, 7) is 9.10. The van der Waals surface area contributed by atoms with Gasteiger partial charge >= 0.3 is 0 Å². The molecule has 0 atom stereocenters. The largest absolute Gasteiger partial charge is 0.371 e. The number of carbonyl (C=O) groups excluding carboxylic acids is 1. The van der Waals surface area contributed by atoms with Crippen molar-refractivity contribution in [1.82, 2.24) is 0 Å². The number of nitrogens with zero attached hydrogens (tertiary/aromatic N) is 1. The van der Waals surface area contributed by atoms with Crippen LogP contribution in [0.15, 0.2) is 18.2 Å². The van der Waals surface area contributed by atoms with Crippen molar-refractivity contribution in [2.45, 2.75) is 33.6 Å². The van der Waals surface area contributed by atoms with Gasteiger partial charge in [0.15, 0.2) is 6.29 Å². The fourth-order valence-corrected chi connectivity index (χ4v) is 3.03. The second kappa shape index (κ2) is 5.54. The van der Waals surface area contributed by atoms with E-state index >= 15 is 0 Å². The van der Waals surface area contributed by atoms with Crippen LogP contribution in [0.3, 0.4) is 0 Å². The fraction of sp³-hybridized carbons (Fsp3) is 0.562. The number of piperidine rings is 1. The normalized spacial score (nSPS) is 17.6. The van der Waals surface area contributed by atoms with Crippen LogP contribution in [0.4, 0.5) is 5.69 Å². The molecule has 0 N–H and O–H groups in total. The van der Waals surface area contributed by atoms with E-state index in [1.807, 2.05) is 12.1 Å². The minimum Gasteiger partial charge on any atom is -0.371 e. The second-order valence-electron chi connectivity index (χ2n) is 6.45. The number of hydrogen-bond donors (Lipinski definition) is 0. The molecule has 1 aliphatic rings. The molecule has 104 valence electrons. The van der Waals surface area contributed by atoms with E-state index in [2.05, 4.69) is 25.7 Å². The van der Waals surface area contributed by atoms with Gasteiger partial charge in [-0.15, -0.1) is 0 Å². The molecule has 19 heavy (non-hydrogen) atoms. The molecule has 0 saturated carbocycles. The number of benzene rings is 1. The number of halogens is 1. The molecule has 3 heteroatoms. The Hall–Kier alpha value is -1.02. The van der Waals surface area contributed by atoms with E-state index in [-0.39, 0.29) is 0 Å². The van der Waals surface area contributed by atoms with Crippen LogP contribution in [0.5, 0.6) is 0 Å². The lowest BCUT2D eigenvalue weighted by molar-refractivity contribution is 0.112. The number of rotatable bonds is 2. The molecule has 0 spiro atoms. The summed E-state index contributed by atoms with van der Waals surface area (Å²) in [5.74, 6) is 0.786. The van der Waals surface area contributed by atoms with E-state index < -0.39 is 0 Å². The maximum absolute atomic E-state index is 10.8. The summed E-state index contributed by atoms with van der Waals surface area (Å²) in [6.07, 6.45) is 3.24. The lowest BCUT2D eigenvalue weighted by atomic mass is 9.75. The summed E-state index contributed by atoms with van der Waals surface area (Å²) >= 11 is 6.09. The summed E-state index contributed by atoms with van der Waals surface area (Å²) < 4.78 is 0. The third kappa shape index (κ3) is 3.30. The Labute approximate surface area is 120 Å². The van der Waals surface area contributed by atoms with Crippen LogP contribution in [0.2, 0.25) is 5.02 Å². The predicted octanol–water partition coefficient (Wildman–Crippen LogP) is 4.42. The molecule has 1 fully saturated rings. The molecule has 1 aliphatic heterocycles. The summed E-state index contributed by atoms with van der Waals surface area (Å²) in [7, 11) is 0. The minimum absolute atomic E-state index is 0.394. The monoisotopic (exact) mass is 279 g/mol. The quantitative estimate of drug-likeness (QED) is 0.747. The molecule has 0 aliphatic carbocycles. The fourth-order valence-electron chi connectivity index (χ4n) is 2.81.